The molecule has 1 aliphatic heterocycles. The lowest BCUT2D eigenvalue weighted by atomic mass is 9.74. The average Bonchev–Trinajstić information content (AvgIpc) is 2.99. The van der Waals surface area contributed by atoms with Gasteiger partial charge in [-0.05, 0) is 61.7 Å². The number of rotatable bonds is 3. The van der Waals surface area contributed by atoms with Gasteiger partial charge in [-0.25, -0.2) is 4.68 Å². The van der Waals surface area contributed by atoms with Crippen LogP contribution in [0.5, 0.6) is 0 Å². The second-order valence-corrected chi connectivity index (χ2v) is 9.67. The third-order valence-corrected chi connectivity index (χ3v) is 6.66. The molecule has 1 aromatic heterocycles. The second-order valence-electron chi connectivity index (χ2n) is 8.44. The number of nitrogens with zero attached hydrogens (tertiary/aromatic N) is 2. The Morgan fingerprint density at radius 1 is 1.16 bits per heavy atom. The highest BCUT2D eigenvalue weighted by Gasteiger charge is 2.36. The molecule has 0 amide bonds. The summed E-state index contributed by atoms with van der Waals surface area (Å²) < 4.78 is 2.17. The Labute approximate surface area is 155 Å². The molecule has 0 bridgehead atoms. The first-order chi connectivity index (χ1) is 12.0. The lowest BCUT2D eigenvalue weighted by Crippen LogP contribution is -2.40. The van der Waals surface area contributed by atoms with Gasteiger partial charge >= 0.3 is 0 Å². The number of thioether (sulfide) groups is 1. The number of benzene rings is 1. The van der Waals surface area contributed by atoms with Crippen LogP contribution in [0.4, 0.5) is 0 Å². The Balaban J connectivity index is 1.65. The Morgan fingerprint density at radius 2 is 1.88 bits per heavy atom. The fourth-order valence-electron chi connectivity index (χ4n) is 4.25. The van der Waals surface area contributed by atoms with Crippen molar-refractivity contribution in [3.05, 3.63) is 47.3 Å². The van der Waals surface area contributed by atoms with Crippen LogP contribution in [0.15, 0.2) is 30.5 Å². The quantitative estimate of drug-likeness (QED) is 0.867. The van der Waals surface area contributed by atoms with Crippen LogP contribution in [0, 0.1) is 12.3 Å². The number of fused-ring (bicyclic) bond motifs is 1. The van der Waals surface area contributed by atoms with E-state index in [2.05, 4.69) is 73.0 Å². The molecule has 2 heterocycles. The van der Waals surface area contributed by atoms with Gasteiger partial charge in [0.1, 0.15) is 0 Å². The van der Waals surface area contributed by atoms with Crippen molar-refractivity contribution in [2.75, 3.05) is 11.5 Å². The molecular formula is C21H29N3S. The minimum absolute atomic E-state index is 0.302. The molecule has 2 aromatic rings. The van der Waals surface area contributed by atoms with Crippen molar-refractivity contribution < 1.29 is 0 Å². The van der Waals surface area contributed by atoms with E-state index in [-0.39, 0.29) is 0 Å². The van der Waals surface area contributed by atoms with Gasteiger partial charge in [0.05, 0.1) is 11.9 Å². The van der Waals surface area contributed by atoms with Crippen LogP contribution in [0.2, 0.25) is 0 Å². The van der Waals surface area contributed by atoms with Crippen LogP contribution in [0.25, 0.3) is 5.69 Å². The zero-order valence-electron chi connectivity index (χ0n) is 15.6. The predicted octanol–water partition coefficient (Wildman–Crippen LogP) is 4.68. The van der Waals surface area contributed by atoms with Gasteiger partial charge in [-0.3, -0.25) is 0 Å². The minimum Gasteiger partial charge on any atom is -0.307 e. The largest absolute Gasteiger partial charge is 0.307 e. The smallest absolute Gasteiger partial charge is 0.0649 e. The average molecular weight is 356 g/mol. The van der Waals surface area contributed by atoms with E-state index in [1.807, 2.05) is 0 Å². The van der Waals surface area contributed by atoms with Crippen LogP contribution < -0.4 is 5.32 Å². The maximum atomic E-state index is 4.78. The van der Waals surface area contributed by atoms with Gasteiger partial charge in [0, 0.05) is 23.3 Å². The van der Waals surface area contributed by atoms with Crippen molar-refractivity contribution >= 4 is 11.8 Å². The summed E-state index contributed by atoms with van der Waals surface area (Å²) in [7, 11) is 0. The summed E-state index contributed by atoms with van der Waals surface area (Å²) in [6.07, 6.45) is 6.99. The first-order valence-corrected chi connectivity index (χ1v) is 10.6. The van der Waals surface area contributed by atoms with Gasteiger partial charge in [0.2, 0.25) is 0 Å². The van der Waals surface area contributed by atoms with Gasteiger partial charge < -0.3 is 5.32 Å². The predicted molar refractivity (Wildman–Crippen MR) is 107 cm³/mol. The molecular weight excluding hydrogens is 326 g/mol. The second kappa shape index (κ2) is 6.81. The monoisotopic (exact) mass is 355 g/mol. The summed E-state index contributed by atoms with van der Waals surface area (Å²) in [4.78, 5) is 0. The van der Waals surface area contributed by atoms with E-state index >= 15 is 0 Å². The summed E-state index contributed by atoms with van der Waals surface area (Å²) in [5, 5.41) is 8.76. The normalized spacial score (nSPS) is 23.4. The summed E-state index contributed by atoms with van der Waals surface area (Å²) in [6, 6.07) is 9.82. The topological polar surface area (TPSA) is 29.9 Å². The zero-order chi connectivity index (χ0) is 17.4. The molecule has 0 unspecified atom stereocenters. The highest BCUT2D eigenvalue weighted by molar-refractivity contribution is 7.99. The van der Waals surface area contributed by atoms with Crippen molar-refractivity contribution in [2.24, 2.45) is 5.41 Å². The van der Waals surface area contributed by atoms with Crippen LogP contribution in [-0.4, -0.2) is 27.3 Å². The SMILES string of the molecule is Cc1ccc(-n2ncc3c2CC(C)(C)C[C@H]3NC2CCSCC2)cc1. The van der Waals surface area contributed by atoms with Crippen LogP contribution in [0.1, 0.15) is 56.0 Å². The van der Waals surface area contributed by atoms with Gasteiger partial charge in [0.15, 0.2) is 0 Å². The molecule has 25 heavy (non-hydrogen) atoms. The molecule has 134 valence electrons. The van der Waals surface area contributed by atoms with E-state index in [1.54, 1.807) is 0 Å². The maximum Gasteiger partial charge on any atom is 0.0649 e. The van der Waals surface area contributed by atoms with Gasteiger partial charge in [0.25, 0.3) is 0 Å². The Morgan fingerprint density at radius 3 is 2.60 bits per heavy atom. The summed E-state index contributed by atoms with van der Waals surface area (Å²) >= 11 is 2.09. The van der Waals surface area contributed by atoms with Crippen LogP contribution in [-0.2, 0) is 6.42 Å². The fraction of sp³-hybridized carbons (Fsp3) is 0.571. The highest BCUT2D eigenvalue weighted by Crippen LogP contribution is 2.42. The summed E-state index contributed by atoms with van der Waals surface area (Å²) in [5.41, 5.74) is 5.58. The Hall–Kier alpha value is -1.26. The third kappa shape index (κ3) is 3.65. The zero-order valence-corrected chi connectivity index (χ0v) is 16.4. The highest BCUT2D eigenvalue weighted by atomic mass is 32.2. The molecule has 4 rings (SSSR count). The third-order valence-electron chi connectivity index (χ3n) is 5.62. The van der Waals surface area contributed by atoms with Crippen molar-refractivity contribution in [1.82, 2.24) is 15.1 Å². The first-order valence-electron chi connectivity index (χ1n) is 9.49. The van der Waals surface area contributed by atoms with Gasteiger partial charge in [-0.15, -0.1) is 0 Å². The molecule has 3 nitrogen and oxygen atoms in total. The Kier molecular flexibility index (Phi) is 4.67. The van der Waals surface area contributed by atoms with Crippen molar-refractivity contribution in [1.29, 1.82) is 0 Å². The number of hydrogen-bond acceptors (Lipinski definition) is 3. The molecule has 1 aromatic carbocycles. The van der Waals surface area contributed by atoms with E-state index in [1.165, 1.54) is 53.3 Å². The van der Waals surface area contributed by atoms with E-state index in [9.17, 15) is 0 Å². The molecule has 1 fully saturated rings. The molecule has 0 saturated carbocycles. The van der Waals surface area contributed by atoms with Crippen molar-refractivity contribution in [2.45, 2.75) is 58.5 Å². The fourth-order valence-corrected chi connectivity index (χ4v) is 5.35. The molecule has 0 radical (unpaired) electrons. The molecule has 1 N–H and O–H groups in total. The maximum absolute atomic E-state index is 4.78. The van der Waals surface area contributed by atoms with Crippen molar-refractivity contribution in [3.63, 3.8) is 0 Å². The number of aromatic nitrogens is 2. The van der Waals surface area contributed by atoms with Crippen LogP contribution in [0.3, 0.4) is 0 Å². The molecule has 2 aliphatic rings. The summed E-state index contributed by atoms with van der Waals surface area (Å²) in [6.45, 7) is 6.93. The lowest BCUT2D eigenvalue weighted by Gasteiger charge is -2.38. The molecule has 1 aliphatic carbocycles. The van der Waals surface area contributed by atoms with E-state index in [0.29, 0.717) is 17.5 Å². The first kappa shape index (κ1) is 17.2. The van der Waals surface area contributed by atoms with E-state index in [0.717, 1.165) is 6.42 Å². The molecule has 0 spiro atoms. The van der Waals surface area contributed by atoms with Crippen molar-refractivity contribution in [3.8, 4) is 5.69 Å². The van der Waals surface area contributed by atoms with Gasteiger partial charge in [-0.1, -0.05) is 31.5 Å². The minimum atomic E-state index is 0.302. The standard InChI is InChI=1S/C21H29N3S/c1-15-4-6-17(7-5-15)24-20-13-21(2,3)12-19(18(20)14-22-24)23-16-8-10-25-11-9-16/h4-7,14,16,19,23H,8-13H2,1-3H3/t19-/m1/s1. The summed E-state index contributed by atoms with van der Waals surface area (Å²) in [5.74, 6) is 2.59. The number of nitrogens with one attached hydrogen (secondary N) is 1. The van der Waals surface area contributed by atoms with E-state index < -0.39 is 0 Å². The lowest BCUT2D eigenvalue weighted by molar-refractivity contribution is 0.238. The molecule has 1 atom stereocenters. The van der Waals surface area contributed by atoms with Gasteiger partial charge in [-0.2, -0.15) is 16.9 Å². The molecule has 1 saturated heterocycles. The number of aryl methyl sites for hydroxylation is 1. The van der Waals surface area contributed by atoms with Crippen LogP contribution >= 0.6 is 11.8 Å². The molecule has 4 heteroatoms. The Bertz CT molecular complexity index is 726. The van der Waals surface area contributed by atoms with E-state index in [4.69, 9.17) is 5.10 Å². The number of hydrogen-bond donors (Lipinski definition) is 1.